The molecule has 0 aliphatic heterocycles. The number of carbonyl (C=O) groups is 1. The molecule has 5 heteroatoms. The molecule has 0 N–H and O–H groups in total. The van der Waals surface area contributed by atoms with E-state index in [0.29, 0.717) is 5.75 Å². The van der Waals surface area contributed by atoms with Crippen molar-refractivity contribution in [2.75, 3.05) is 0 Å². The van der Waals surface area contributed by atoms with Crippen molar-refractivity contribution >= 4 is 16.7 Å². The Balaban J connectivity index is 1.64. The van der Waals surface area contributed by atoms with Gasteiger partial charge in [-0.25, -0.2) is 18.0 Å². The molecule has 0 fully saturated rings. The molecule has 0 amide bonds. The number of ether oxygens (including phenoxy) is 1. The van der Waals surface area contributed by atoms with E-state index in [4.69, 9.17) is 4.74 Å². The molecule has 0 radical (unpaired) electrons. The minimum absolute atomic E-state index is 0.0919. The fourth-order valence-electron chi connectivity index (χ4n) is 3.25. The van der Waals surface area contributed by atoms with Crippen molar-refractivity contribution in [3.63, 3.8) is 0 Å². The minimum Gasteiger partial charge on any atom is -0.423 e. The van der Waals surface area contributed by atoms with Crippen molar-refractivity contribution in [2.45, 2.75) is 45.4 Å². The molecule has 0 spiro atoms. The zero-order valence-corrected chi connectivity index (χ0v) is 16.3. The molecule has 0 bridgehead atoms. The average Bonchev–Trinajstić information content (AvgIpc) is 2.72. The normalized spacial score (nSPS) is 11.0. The maximum atomic E-state index is 13.8. The Hall–Kier alpha value is -2.82. The summed E-state index contributed by atoms with van der Waals surface area (Å²) in [6, 6.07) is 12.0. The van der Waals surface area contributed by atoms with Crippen LogP contribution in [0.25, 0.3) is 10.8 Å². The lowest BCUT2D eigenvalue weighted by atomic mass is 10.1. The Bertz CT molecular complexity index is 997. The first-order valence-electron chi connectivity index (χ1n) is 9.88. The first kappa shape index (κ1) is 20.9. The van der Waals surface area contributed by atoms with Crippen LogP contribution in [0.1, 0.15) is 54.9 Å². The zero-order valence-electron chi connectivity index (χ0n) is 16.3. The zero-order chi connectivity index (χ0) is 20.8. The standard InChI is InChI=1S/C24H23F3O2/c1-2-3-4-5-6-7-16-8-11-19(12-9-16)29-24(28)17-10-13-20-18(14-17)15-21(25)23(27)22(20)26/h8-15H,2-7H2,1H3. The second kappa shape index (κ2) is 9.59. The van der Waals surface area contributed by atoms with Crippen LogP contribution in [0.4, 0.5) is 13.2 Å². The summed E-state index contributed by atoms with van der Waals surface area (Å²) in [5.41, 5.74) is 1.31. The van der Waals surface area contributed by atoms with Crippen LogP contribution >= 0.6 is 0 Å². The summed E-state index contributed by atoms with van der Waals surface area (Å²) in [7, 11) is 0. The molecule has 3 aromatic carbocycles. The molecule has 3 aromatic rings. The quantitative estimate of drug-likeness (QED) is 0.176. The molecular weight excluding hydrogens is 377 g/mol. The highest BCUT2D eigenvalue weighted by molar-refractivity contribution is 5.96. The van der Waals surface area contributed by atoms with Gasteiger partial charge in [0.25, 0.3) is 0 Å². The average molecular weight is 400 g/mol. The Morgan fingerprint density at radius 3 is 2.31 bits per heavy atom. The third-order valence-corrected chi connectivity index (χ3v) is 4.91. The van der Waals surface area contributed by atoms with Gasteiger partial charge in [-0.2, -0.15) is 0 Å². The Labute approximate surface area is 168 Å². The summed E-state index contributed by atoms with van der Waals surface area (Å²) < 4.78 is 45.9. The lowest BCUT2D eigenvalue weighted by molar-refractivity contribution is 0.0735. The SMILES string of the molecule is CCCCCCCc1ccc(OC(=O)c2ccc3c(F)c(F)c(F)cc3c2)cc1. The van der Waals surface area contributed by atoms with E-state index in [1.165, 1.54) is 49.4 Å². The van der Waals surface area contributed by atoms with Crippen LogP contribution in [0.15, 0.2) is 48.5 Å². The van der Waals surface area contributed by atoms with Gasteiger partial charge in [0.15, 0.2) is 17.5 Å². The van der Waals surface area contributed by atoms with Crippen LogP contribution in [0.5, 0.6) is 5.75 Å². The van der Waals surface area contributed by atoms with Crippen LogP contribution in [0.2, 0.25) is 0 Å². The molecular formula is C24H23F3O2. The van der Waals surface area contributed by atoms with Gasteiger partial charge in [0.1, 0.15) is 5.75 Å². The Morgan fingerprint density at radius 2 is 1.59 bits per heavy atom. The lowest BCUT2D eigenvalue weighted by Gasteiger charge is -2.08. The number of rotatable bonds is 8. The highest BCUT2D eigenvalue weighted by Gasteiger charge is 2.16. The van der Waals surface area contributed by atoms with Crippen molar-refractivity contribution in [1.29, 1.82) is 0 Å². The second-order valence-electron chi connectivity index (χ2n) is 7.12. The number of aryl methyl sites for hydroxylation is 1. The van der Waals surface area contributed by atoms with Gasteiger partial charge in [0.2, 0.25) is 0 Å². The molecule has 0 atom stereocenters. The molecule has 2 nitrogen and oxygen atoms in total. The predicted octanol–water partition coefficient (Wildman–Crippen LogP) is 6.99. The largest absolute Gasteiger partial charge is 0.423 e. The number of benzene rings is 3. The monoisotopic (exact) mass is 400 g/mol. The van der Waals surface area contributed by atoms with Gasteiger partial charge >= 0.3 is 5.97 Å². The van der Waals surface area contributed by atoms with Gasteiger partial charge in [-0.05, 0) is 54.1 Å². The molecule has 0 aliphatic rings. The minimum atomic E-state index is -1.53. The second-order valence-corrected chi connectivity index (χ2v) is 7.12. The fraction of sp³-hybridized carbons (Fsp3) is 0.292. The van der Waals surface area contributed by atoms with Crippen LogP contribution in [0, 0.1) is 17.5 Å². The van der Waals surface area contributed by atoms with Gasteiger partial charge in [-0.1, -0.05) is 50.8 Å². The maximum Gasteiger partial charge on any atom is 0.343 e. The molecule has 3 rings (SSSR count). The molecule has 152 valence electrons. The van der Waals surface area contributed by atoms with Gasteiger partial charge in [0, 0.05) is 5.39 Å². The summed E-state index contributed by atoms with van der Waals surface area (Å²) in [5, 5.41) is -0.00184. The van der Waals surface area contributed by atoms with E-state index >= 15 is 0 Å². The molecule has 0 saturated carbocycles. The lowest BCUT2D eigenvalue weighted by Crippen LogP contribution is -2.08. The molecule has 0 aromatic heterocycles. The summed E-state index contributed by atoms with van der Waals surface area (Å²) in [5.74, 6) is -4.36. The maximum absolute atomic E-state index is 13.8. The molecule has 0 heterocycles. The van der Waals surface area contributed by atoms with Crippen LogP contribution in [-0.4, -0.2) is 5.97 Å². The van der Waals surface area contributed by atoms with E-state index in [-0.39, 0.29) is 16.3 Å². The topological polar surface area (TPSA) is 26.3 Å². The third kappa shape index (κ3) is 5.17. The summed E-state index contributed by atoms with van der Waals surface area (Å²) in [6.07, 6.45) is 7.05. The number of hydrogen-bond donors (Lipinski definition) is 0. The Morgan fingerprint density at radius 1 is 0.862 bits per heavy atom. The molecule has 0 saturated heterocycles. The summed E-state index contributed by atoms with van der Waals surface area (Å²) in [6.45, 7) is 2.19. The van der Waals surface area contributed by atoms with E-state index in [9.17, 15) is 18.0 Å². The fourth-order valence-corrected chi connectivity index (χ4v) is 3.25. The number of hydrogen-bond acceptors (Lipinski definition) is 2. The van der Waals surface area contributed by atoms with E-state index < -0.39 is 23.4 Å². The highest BCUT2D eigenvalue weighted by atomic mass is 19.2. The molecule has 0 unspecified atom stereocenters. The summed E-state index contributed by atoms with van der Waals surface area (Å²) in [4.78, 5) is 12.4. The highest BCUT2D eigenvalue weighted by Crippen LogP contribution is 2.25. The Kier molecular flexibility index (Phi) is 6.91. The van der Waals surface area contributed by atoms with Crippen molar-refractivity contribution in [2.24, 2.45) is 0 Å². The van der Waals surface area contributed by atoms with Gasteiger partial charge in [-0.3, -0.25) is 0 Å². The van der Waals surface area contributed by atoms with Gasteiger partial charge in [0.05, 0.1) is 5.56 Å². The molecule has 0 aliphatic carbocycles. The van der Waals surface area contributed by atoms with Crippen molar-refractivity contribution in [3.8, 4) is 5.75 Å². The van der Waals surface area contributed by atoms with Crippen molar-refractivity contribution < 1.29 is 22.7 Å². The van der Waals surface area contributed by atoms with Crippen molar-refractivity contribution in [1.82, 2.24) is 0 Å². The number of fused-ring (bicyclic) bond motifs is 1. The van der Waals surface area contributed by atoms with Crippen LogP contribution in [-0.2, 0) is 6.42 Å². The van der Waals surface area contributed by atoms with Crippen LogP contribution in [0.3, 0.4) is 0 Å². The molecule has 29 heavy (non-hydrogen) atoms. The van der Waals surface area contributed by atoms with Gasteiger partial charge < -0.3 is 4.74 Å². The van der Waals surface area contributed by atoms with E-state index in [2.05, 4.69) is 6.92 Å². The first-order valence-corrected chi connectivity index (χ1v) is 9.88. The van der Waals surface area contributed by atoms with E-state index in [1.807, 2.05) is 12.1 Å². The third-order valence-electron chi connectivity index (χ3n) is 4.91. The van der Waals surface area contributed by atoms with Crippen LogP contribution < -0.4 is 4.74 Å². The van der Waals surface area contributed by atoms with E-state index in [0.717, 1.165) is 18.9 Å². The van der Waals surface area contributed by atoms with Gasteiger partial charge in [-0.15, -0.1) is 0 Å². The number of unbranched alkanes of at least 4 members (excludes halogenated alkanes) is 4. The predicted molar refractivity (Wildman–Crippen MR) is 108 cm³/mol. The first-order chi connectivity index (χ1) is 14.0. The van der Waals surface area contributed by atoms with Crippen molar-refractivity contribution in [3.05, 3.63) is 77.1 Å². The van der Waals surface area contributed by atoms with E-state index in [1.54, 1.807) is 12.1 Å². The number of carbonyl (C=O) groups excluding carboxylic acids is 1. The number of esters is 1. The number of halogens is 3. The smallest absolute Gasteiger partial charge is 0.343 e. The summed E-state index contributed by atoms with van der Waals surface area (Å²) >= 11 is 0.